The molecule has 0 aliphatic heterocycles. The maximum absolute atomic E-state index is 12.6. The fourth-order valence-corrected chi connectivity index (χ4v) is 2.22. The van der Waals surface area contributed by atoms with E-state index < -0.39 is 11.7 Å². The zero-order valence-corrected chi connectivity index (χ0v) is 12.2. The van der Waals surface area contributed by atoms with Crippen molar-refractivity contribution in [1.29, 1.82) is 0 Å². The number of hydrogen-bond acceptors (Lipinski definition) is 1. The molecule has 0 saturated heterocycles. The SMILES string of the molecule is CC(Cc1ccc(Cl)cc1)Nc1cccc(C(F)(F)F)c1. The van der Waals surface area contributed by atoms with Crippen LogP contribution in [0.1, 0.15) is 18.1 Å². The van der Waals surface area contributed by atoms with Crippen LogP contribution in [0.5, 0.6) is 0 Å². The fourth-order valence-electron chi connectivity index (χ4n) is 2.09. The summed E-state index contributed by atoms with van der Waals surface area (Å²) in [6.07, 6.45) is -3.62. The fraction of sp³-hybridized carbons (Fsp3) is 0.250. The summed E-state index contributed by atoms with van der Waals surface area (Å²) in [6, 6.07) is 12.7. The number of nitrogens with one attached hydrogen (secondary N) is 1. The Balaban J connectivity index is 2.02. The van der Waals surface area contributed by atoms with Crippen LogP contribution in [-0.2, 0) is 12.6 Å². The van der Waals surface area contributed by atoms with Crippen LogP contribution in [0, 0.1) is 0 Å². The van der Waals surface area contributed by atoms with Gasteiger partial charge < -0.3 is 5.32 Å². The predicted octanol–water partition coefficient (Wildman–Crippen LogP) is 5.40. The lowest BCUT2D eigenvalue weighted by Gasteiger charge is -2.17. The van der Waals surface area contributed by atoms with Gasteiger partial charge in [-0.3, -0.25) is 0 Å². The lowest BCUT2D eigenvalue weighted by Crippen LogP contribution is -2.18. The van der Waals surface area contributed by atoms with Crippen LogP contribution >= 0.6 is 11.6 Å². The van der Waals surface area contributed by atoms with Crippen molar-refractivity contribution in [1.82, 2.24) is 0 Å². The number of alkyl halides is 3. The van der Waals surface area contributed by atoms with Gasteiger partial charge in [-0.2, -0.15) is 13.2 Å². The van der Waals surface area contributed by atoms with Gasteiger partial charge in [0.15, 0.2) is 0 Å². The molecule has 5 heteroatoms. The minimum absolute atomic E-state index is 0.00894. The Kier molecular flexibility index (Phi) is 4.78. The van der Waals surface area contributed by atoms with E-state index in [2.05, 4.69) is 5.32 Å². The van der Waals surface area contributed by atoms with Gasteiger partial charge in [0.05, 0.1) is 5.56 Å². The first-order valence-electron chi connectivity index (χ1n) is 6.53. The van der Waals surface area contributed by atoms with Gasteiger partial charge in [0.1, 0.15) is 0 Å². The molecule has 2 aromatic rings. The average Bonchev–Trinajstić information content (AvgIpc) is 2.41. The smallest absolute Gasteiger partial charge is 0.382 e. The van der Waals surface area contributed by atoms with Crippen LogP contribution in [0.4, 0.5) is 18.9 Å². The Bertz CT molecular complexity index is 593. The number of benzene rings is 2. The molecule has 1 atom stereocenters. The highest BCUT2D eigenvalue weighted by molar-refractivity contribution is 6.30. The van der Waals surface area contributed by atoms with Crippen molar-refractivity contribution in [3.05, 3.63) is 64.7 Å². The third-order valence-electron chi connectivity index (χ3n) is 3.06. The van der Waals surface area contributed by atoms with Gasteiger partial charge in [0.2, 0.25) is 0 Å². The zero-order valence-electron chi connectivity index (χ0n) is 11.4. The molecule has 0 fully saturated rings. The Hall–Kier alpha value is -1.68. The van der Waals surface area contributed by atoms with Crippen molar-refractivity contribution in [3.8, 4) is 0 Å². The van der Waals surface area contributed by atoms with Crippen molar-refractivity contribution in [2.45, 2.75) is 25.6 Å². The molecule has 1 unspecified atom stereocenters. The van der Waals surface area contributed by atoms with Crippen LogP contribution in [-0.4, -0.2) is 6.04 Å². The van der Waals surface area contributed by atoms with Crippen molar-refractivity contribution >= 4 is 17.3 Å². The largest absolute Gasteiger partial charge is 0.416 e. The summed E-state index contributed by atoms with van der Waals surface area (Å²) in [5.41, 5.74) is 0.892. The molecule has 2 rings (SSSR count). The van der Waals surface area contributed by atoms with Crippen molar-refractivity contribution in [2.75, 3.05) is 5.32 Å². The van der Waals surface area contributed by atoms with Gasteiger partial charge in [-0.25, -0.2) is 0 Å². The highest BCUT2D eigenvalue weighted by Gasteiger charge is 2.30. The van der Waals surface area contributed by atoms with E-state index in [-0.39, 0.29) is 6.04 Å². The Morgan fingerprint density at radius 1 is 1.10 bits per heavy atom. The Morgan fingerprint density at radius 3 is 2.38 bits per heavy atom. The highest BCUT2D eigenvalue weighted by atomic mass is 35.5. The van der Waals surface area contributed by atoms with Crippen LogP contribution in [0.25, 0.3) is 0 Å². The lowest BCUT2D eigenvalue weighted by molar-refractivity contribution is -0.137. The molecule has 0 radical (unpaired) electrons. The van der Waals surface area contributed by atoms with Crippen LogP contribution < -0.4 is 5.32 Å². The molecule has 0 aliphatic rings. The first-order chi connectivity index (χ1) is 9.84. The van der Waals surface area contributed by atoms with E-state index in [1.165, 1.54) is 6.07 Å². The molecule has 0 bridgehead atoms. The maximum Gasteiger partial charge on any atom is 0.416 e. The minimum atomic E-state index is -4.32. The molecule has 0 saturated carbocycles. The first-order valence-corrected chi connectivity index (χ1v) is 6.90. The van der Waals surface area contributed by atoms with E-state index in [1.807, 2.05) is 19.1 Å². The Labute approximate surface area is 126 Å². The summed E-state index contributed by atoms with van der Waals surface area (Å²) in [6.45, 7) is 1.93. The molecule has 1 N–H and O–H groups in total. The molecule has 1 nitrogen and oxygen atoms in total. The normalized spacial score (nSPS) is 13.0. The molecule has 21 heavy (non-hydrogen) atoms. The van der Waals surface area contributed by atoms with Crippen LogP contribution in [0.3, 0.4) is 0 Å². The van der Waals surface area contributed by atoms with E-state index in [1.54, 1.807) is 18.2 Å². The summed E-state index contributed by atoms with van der Waals surface area (Å²) in [5, 5.41) is 3.75. The number of rotatable bonds is 4. The van der Waals surface area contributed by atoms with E-state index in [0.29, 0.717) is 17.1 Å². The second kappa shape index (κ2) is 6.39. The quantitative estimate of drug-likeness (QED) is 0.796. The molecule has 0 aliphatic carbocycles. The standard InChI is InChI=1S/C16H15ClF3N/c1-11(9-12-5-7-14(17)8-6-12)21-15-4-2-3-13(10-15)16(18,19)20/h2-8,10-11,21H,9H2,1H3. The van der Waals surface area contributed by atoms with Gasteiger partial charge in [0.25, 0.3) is 0 Å². The zero-order chi connectivity index (χ0) is 15.5. The highest BCUT2D eigenvalue weighted by Crippen LogP contribution is 2.30. The average molecular weight is 314 g/mol. The molecule has 0 heterocycles. The number of halogens is 4. The minimum Gasteiger partial charge on any atom is -0.382 e. The topological polar surface area (TPSA) is 12.0 Å². The lowest BCUT2D eigenvalue weighted by atomic mass is 10.1. The third-order valence-corrected chi connectivity index (χ3v) is 3.31. The van der Waals surface area contributed by atoms with Gasteiger partial charge in [0, 0.05) is 16.8 Å². The van der Waals surface area contributed by atoms with Crippen molar-refractivity contribution in [3.63, 3.8) is 0 Å². The van der Waals surface area contributed by atoms with Crippen molar-refractivity contribution < 1.29 is 13.2 Å². The van der Waals surface area contributed by atoms with Gasteiger partial charge >= 0.3 is 6.18 Å². The molecule has 2 aromatic carbocycles. The molecule has 112 valence electrons. The summed E-state index contributed by atoms with van der Waals surface area (Å²) < 4.78 is 37.9. The number of hydrogen-bond donors (Lipinski definition) is 1. The summed E-state index contributed by atoms with van der Waals surface area (Å²) in [4.78, 5) is 0. The first kappa shape index (κ1) is 15.7. The molecular weight excluding hydrogens is 299 g/mol. The van der Waals surface area contributed by atoms with Gasteiger partial charge in [-0.15, -0.1) is 0 Å². The number of anilines is 1. The predicted molar refractivity (Wildman–Crippen MR) is 79.7 cm³/mol. The Morgan fingerprint density at radius 2 is 1.76 bits per heavy atom. The van der Waals surface area contributed by atoms with E-state index in [0.717, 1.165) is 17.7 Å². The monoisotopic (exact) mass is 313 g/mol. The summed E-state index contributed by atoms with van der Waals surface area (Å²) in [5.74, 6) is 0. The van der Waals surface area contributed by atoms with Gasteiger partial charge in [-0.05, 0) is 49.2 Å². The molecule has 0 spiro atoms. The summed E-state index contributed by atoms with van der Waals surface area (Å²) >= 11 is 5.82. The second-order valence-electron chi connectivity index (χ2n) is 4.95. The maximum atomic E-state index is 12.6. The molecule has 0 aromatic heterocycles. The van der Waals surface area contributed by atoms with Crippen molar-refractivity contribution in [2.24, 2.45) is 0 Å². The molecule has 0 amide bonds. The second-order valence-corrected chi connectivity index (χ2v) is 5.39. The van der Waals surface area contributed by atoms with Crippen LogP contribution in [0.15, 0.2) is 48.5 Å². The van der Waals surface area contributed by atoms with E-state index in [4.69, 9.17) is 11.6 Å². The van der Waals surface area contributed by atoms with Gasteiger partial charge in [-0.1, -0.05) is 29.8 Å². The summed E-state index contributed by atoms with van der Waals surface area (Å²) in [7, 11) is 0. The third kappa shape index (κ3) is 4.67. The van der Waals surface area contributed by atoms with E-state index in [9.17, 15) is 13.2 Å². The molecular formula is C16H15ClF3N. The van der Waals surface area contributed by atoms with Crippen LogP contribution in [0.2, 0.25) is 5.02 Å². The van der Waals surface area contributed by atoms with E-state index >= 15 is 0 Å².